The van der Waals surface area contributed by atoms with Gasteiger partial charge in [0.1, 0.15) is 10.3 Å². The third-order valence-electron chi connectivity index (χ3n) is 8.22. The number of nitrogens with one attached hydrogen (secondary N) is 1. The molecular weight excluding hydrogens is 741 g/mol. The highest BCUT2D eigenvalue weighted by Gasteiger charge is 2.36. The second-order valence-electron chi connectivity index (χ2n) is 11.4. The smallest absolute Gasteiger partial charge is 0.276 e. The van der Waals surface area contributed by atoms with Crippen LogP contribution in [-0.2, 0) is 36.2 Å². The topological polar surface area (TPSA) is 126 Å². The lowest BCUT2D eigenvalue weighted by atomic mass is 10.1. The summed E-state index contributed by atoms with van der Waals surface area (Å²) in [4.78, 5) is 25.3. The highest BCUT2D eigenvalue weighted by molar-refractivity contribution is 7.93. The number of sulfonamides is 1. The van der Waals surface area contributed by atoms with Gasteiger partial charge >= 0.3 is 0 Å². The number of nitrogens with zero attached hydrogens (tertiary/aromatic N) is 4. The van der Waals surface area contributed by atoms with Gasteiger partial charge < -0.3 is 5.73 Å². The van der Waals surface area contributed by atoms with Gasteiger partial charge in [-0.05, 0) is 62.8 Å². The first-order valence-electron chi connectivity index (χ1n) is 14.5. The number of aromatic nitrogens is 4. The predicted octanol–water partition coefficient (Wildman–Crippen LogP) is 7.63. The van der Waals surface area contributed by atoms with E-state index in [2.05, 4.69) is 4.72 Å². The van der Waals surface area contributed by atoms with E-state index in [1.165, 1.54) is 18.2 Å². The number of nitrogens with two attached hydrogens (primary N) is 1. The van der Waals surface area contributed by atoms with Crippen molar-refractivity contribution < 1.29 is 8.42 Å². The average molecular weight is 769 g/mol. The molecule has 0 spiro atoms. The Balaban J connectivity index is 0.000000167. The largest absolute Gasteiger partial charge is 0.398 e. The lowest BCUT2D eigenvalue weighted by molar-refractivity contribution is 0.356. The Morgan fingerprint density at radius 3 is 1.52 bits per heavy atom. The van der Waals surface area contributed by atoms with E-state index in [4.69, 9.17) is 75.3 Å². The van der Waals surface area contributed by atoms with Crippen LogP contribution in [-0.4, -0.2) is 32.4 Å². The zero-order valence-electron chi connectivity index (χ0n) is 24.1. The fourth-order valence-electron chi connectivity index (χ4n) is 5.70. The summed E-state index contributed by atoms with van der Waals surface area (Å²) in [6.07, 6.45) is 5.08. The summed E-state index contributed by atoms with van der Waals surface area (Å²) >= 11 is 37.4. The summed E-state index contributed by atoms with van der Waals surface area (Å²) in [5.41, 5.74) is 7.54. The van der Waals surface area contributed by atoms with Gasteiger partial charge in [0, 0.05) is 37.3 Å². The number of rotatable bonds is 5. The van der Waals surface area contributed by atoms with Crippen LogP contribution in [0.2, 0.25) is 30.4 Å². The molecule has 10 nitrogen and oxygen atoms in total. The third-order valence-corrected chi connectivity index (χ3v) is 12.1. The first-order chi connectivity index (χ1) is 21.8. The molecule has 0 radical (unpaired) electrons. The maximum atomic E-state index is 12.8. The average Bonchev–Trinajstić information content (AvgIpc) is 3.82. The van der Waals surface area contributed by atoms with Crippen LogP contribution in [0, 0.1) is 0 Å². The first-order valence-corrected chi connectivity index (χ1v) is 18.4. The summed E-state index contributed by atoms with van der Waals surface area (Å²) in [7, 11) is -3.50. The number of nitrogen functional groups attached to an aromatic ring is 1. The molecule has 3 N–H and O–H groups in total. The van der Waals surface area contributed by atoms with Crippen molar-refractivity contribution >= 4 is 91.0 Å². The SMILES string of the molecule is Nc1cc(-c2c(Cl)n3n(c2=O)CCCC3)c(Cl)cc1Cl.O=c1c(-c2cc(NS(=O)(=O)C3CC3)c(Cl)cc2Cl)c(Cl)n2n1CCCC2. The summed E-state index contributed by atoms with van der Waals surface area (Å²) in [6.45, 7) is 2.64. The molecular formula is C29H28Cl6N6O4S. The molecule has 2 aromatic heterocycles. The first kappa shape index (κ1) is 33.6. The Hall–Kier alpha value is -2.25. The second-order valence-corrected chi connectivity index (χ2v) is 15.7. The van der Waals surface area contributed by atoms with Crippen LogP contribution in [0.3, 0.4) is 0 Å². The minimum atomic E-state index is -3.50. The molecule has 46 heavy (non-hydrogen) atoms. The fraction of sp³-hybridized carbons (Fsp3) is 0.379. The molecule has 7 rings (SSSR count). The van der Waals surface area contributed by atoms with Crippen molar-refractivity contribution in [3.63, 3.8) is 0 Å². The molecule has 17 heteroatoms. The number of hydrogen-bond donors (Lipinski definition) is 2. The molecule has 2 aromatic carbocycles. The van der Waals surface area contributed by atoms with Crippen molar-refractivity contribution in [1.82, 2.24) is 18.7 Å². The van der Waals surface area contributed by atoms with E-state index in [-0.39, 0.29) is 32.4 Å². The Kier molecular flexibility index (Phi) is 9.50. The molecule has 4 aromatic rings. The lowest BCUT2D eigenvalue weighted by Crippen LogP contribution is -2.27. The van der Waals surface area contributed by atoms with E-state index < -0.39 is 15.3 Å². The van der Waals surface area contributed by atoms with Gasteiger partial charge in [-0.25, -0.2) is 17.8 Å². The lowest BCUT2D eigenvalue weighted by Gasteiger charge is -2.17. The molecule has 1 saturated carbocycles. The van der Waals surface area contributed by atoms with Crippen LogP contribution in [0.5, 0.6) is 0 Å². The molecule has 1 aliphatic carbocycles. The summed E-state index contributed by atoms with van der Waals surface area (Å²) in [6, 6.07) is 6.05. The highest BCUT2D eigenvalue weighted by atomic mass is 35.5. The molecule has 1 fully saturated rings. The van der Waals surface area contributed by atoms with Gasteiger partial charge in [-0.2, -0.15) is 0 Å². The Morgan fingerprint density at radius 2 is 1.07 bits per heavy atom. The standard InChI is InChI=1S/C16H16Cl3N3O3S.C13H12Cl3N3O/c17-11-8-12(18)13(20-26(24,25)9-3-4-9)7-10(11)14-15(19)21-5-1-2-6-22(21)16(14)23;14-8-6-9(15)10(17)5-7(8)11-12(16)18-3-1-2-4-19(18)13(11)20/h7-9,20H,1-6H2;5-6H,1-4,17H2. The maximum absolute atomic E-state index is 12.8. The highest BCUT2D eigenvalue weighted by Crippen LogP contribution is 2.40. The van der Waals surface area contributed by atoms with E-state index in [9.17, 15) is 18.0 Å². The Morgan fingerprint density at radius 1 is 0.630 bits per heavy atom. The van der Waals surface area contributed by atoms with Gasteiger partial charge in [0.2, 0.25) is 10.0 Å². The van der Waals surface area contributed by atoms with E-state index in [0.29, 0.717) is 75.2 Å². The van der Waals surface area contributed by atoms with Gasteiger partial charge in [-0.3, -0.25) is 23.7 Å². The van der Waals surface area contributed by atoms with Crippen molar-refractivity contribution in [2.45, 2.75) is 70.0 Å². The van der Waals surface area contributed by atoms with Crippen LogP contribution < -0.4 is 21.6 Å². The summed E-state index contributed by atoms with van der Waals surface area (Å²) < 4.78 is 33.8. The van der Waals surface area contributed by atoms with Crippen molar-refractivity contribution in [2.75, 3.05) is 10.5 Å². The van der Waals surface area contributed by atoms with Crippen LogP contribution in [0.4, 0.5) is 11.4 Å². The van der Waals surface area contributed by atoms with Gasteiger partial charge in [0.25, 0.3) is 11.1 Å². The van der Waals surface area contributed by atoms with Crippen LogP contribution in [0.15, 0.2) is 33.9 Å². The van der Waals surface area contributed by atoms with Gasteiger partial charge in [0.05, 0.1) is 47.8 Å². The molecule has 4 heterocycles. The third kappa shape index (κ3) is 6.20. The Bertz CT molecular complexity index is 2100. The molecule has 0 saturated heterocycles. The van der Waals surface area contributed by atoms with E-state index >= 15 is 0 Å². The monoisotopic (exact) mass is 766 g/mol. The molecule has 3 aliphatic rings. The molecule has 0 atom stereocenters. The number of anilines is 2. The van der Waals surface area contributed by atoms with Crippen molar-refractivity contribution in [1.29, 1.82) is 0 Å². The minimum Gasteiger partial charge on any atom is -0.398 e. The van der Waals surface area contributed by atoms with E-state index in [1.807, 2.05) is 0 Å². The van der Waals surface area contributed by atoms with Crippen LogP contribution in [0.25, 0.3) is 22.3 Å². The van der Waals surface area contributed by atoms with E-state index in [1.54, 1.807) is 24.8 Å². The number of benzene rings is 2. The molecule has 0 bridgehead atoms. The molecule has 246 valence electrons. The van der Waals surface area contributed by atoms with Gasteiger partial charge in [-0.1, -0.05) is 69.6 Å². The maximum Gasteiger partial charge on any atom is 0.276 e. The summed E-state index contributed by atoms with van der Waals surface area (Å²) in [5.74, 6) is 0. The van der Waals surface area contributed by atoms with Crippen LogP contribution >= 0.6 is 69.6 Å². The number of halogens is 6. The quantitative estimate of drug-likeness (QED) is 0.202. The minimum absolute atomic E-state index is 0.140. The normalized spacial score (nSPS) is 16.0. The van der Waals surface area contributed by atoms with Crippen LogP contribution in [0.1, 0.15) is 38.5 Å². The zero-order chi connectivity index (χ0) is 33.1. The molecule has 2 aliphatic heterocycles. The van der Waals surface area contributed by atoms with Crippen molar-refractivity contribution in [3.8, 4) is 22.3 Å². The van der Waals surface area contributed by atoms with Gasteiger partial charge in [-0.15, -0.1) is 0 Å². The number of hydrogen-bond acceptors (Lipinski definition) is 5. The second kappa shape index (κ2) is 13.0. The predicted molar refractivity (Wildman–Crippen MR) is 187 cm³/mol. The molecule has 0 amide bonds. The zero-order valence-corrected chi connectivity index (χ0v) is 29.5. The van der Waals surface area contributed by atoms with Crippen molar-refractivity contribution in [3.05, 3.63) is 75.4 Å². The Labute approximate surface area is 294 Å². The molecule has 0 unspecified atom stereocenters. The van der Waals surface area contributed by atoms with Crippen molar-refractivity contribution in [2.24, 2.45) is 0 Å². The summed E-state index contributed by atoms with van der Waals surface area (Å²) in [5, 5.41) is 1.45. The fourth-order valence-corrected chi connectivity index (χ4v) is 8.87. The van der Waals surface area contributed by atoms with E-state index in [0.717, 1.165) is 32.2 Å². The van der Waals surface area contributed by atoms with Gasteiger partial charge in [0.15, 0.2) is 0 Å². The number of fused-ring (bicyclic) bond motifs is 2.